The van der Waals surface area contributed by atoms with Crippen molar-refractivity contribution in [1.29, 1.82) is 0 Å². The van der Waals surface area contributed by atoms with Crippen LogP contribution in [-0.2, 0) is 20.7 Å². The molecular weight excluding hydrogens is 254 g/mol. The third kappa shape index (κ3) is 3.83. The quantitative estimate of drug-likeness (QED) is 0.856. The monoisotopic (exact) mass is 275 g/mol. The second-order valence-electron chi connectivity index (χ2n) is 5.14. The van der Waals surface area contributed by atoms with Crippen LogP contribution in [0.4, 0.5) is 0 Å². The largest absolute Gasteiger partial charge is 0.464 e. The van der Waals surface area contributed by atoms with Crippen LogP contribution in [0.15, 0.2) is 30.3 Å². The molecule has 0 radical (unpaired) electrons. The van der Waals surface area contributed by atoms with Crippen LogP contribution in [0.5, 0.6) is 0 Å². The highest BCUT2D eigenvalue weighted by Crippen LogP contribution is 2.23. The van der Waals surface area contributed by atoms with E-state index in [1.54, 1.807) is 6.92 Å². The summed E-state index contributed by atoms with van der Waals surface area (Å²) in [6.07, 6.45) is 2.95. The molecule has 0 aliphatic carbocycles. The zero-order valence-electron chi connectivity index (χ0n) is 11.8. The maximum Gasteiger partial charge on any atom is 0.328 e. The van der Waals surface area contributed by atoms with Crippen molar-refractivity contribution in [1.82, 2.24) is 5.32 Å². The van der Waals surface area contributed by atoms with Gasteiger partial charge in [0.25, 0.3) is 0 Å². The summed E-state index contributed by atoms with van der Waals surface area (Å²) in [5.41, 5.74) is 1.18. The fourth-order valence-corrected chi connectivity index (χ4v) is 2.68. The lowest BCUT2D eigenvalue weighted by atomic mass is 9.89. The number of hydrogen-bond donors (Lipinski definition) is 1. The first-order valence-corrected chi connectivity index (χ1v) is 7.20. The van der Waals surface area contributed by atoms with E-state index in [-0.39, 0.29) is 17.8 Å². The summed E-state index contributed by atoms with van der Waals surface area (Å²) in [6, 6.07) is 9.53. The predicted molar refractivity (Wildman–Crippen MR) is 76.1 cm³/mol. The molecule has 1 aromatic rings. The Kier molecular flexibility index (Phi) is 5.16. The number of carbonyl (C=O) groups is 2. The number of carbonyl (C=O) groups excluding carboxylic acids is 2. The van der Waals surface area contributed by atoms with Gasteiger partial charge in [-0.05, 0) is 37.7 Å². The van der Waals surface area contributed by atoms with Crippen LogP contribution in [0.25, 0.3) is 0 Å². The molecule has 1 N–H and O–H groups in total. The molecule has 4 heteroatoms. The summed E-state index contributed by atoms with van der Waals surface area (Å²) in [5, 5.41) is 2.82. The van der Waals surface area contributed by atoms with Crippen molar-refractivity contribution >= 4 is 11.9 Å². The molecule has 0 saturated carbocycles. The third-order valence-corrected chi connectivity index (χ3v) is 3.65. The topological polar surface area (TPSA) is 55.4 Å². The molecule has 0 unspecified atom stereocenters. The normalized spacial score (nSPS) is 22.8. The molecule has 0 spiro atoms. The summed E-state index contributed by atoms with van der Waals surface area (Å²) in [7, 11) is 0. The van der Waals surface area contributed by atoms with E-state index in [1.165, 1.54) is 5.56 Å². The zero-order chi connectivity index (χ0) is 14.4. The van der Waals surface area contributed by atoms with Crippen molar-refractivity contribution in [3.8, 4) is 0 Å². The molecule has 108 valence electrons. The predicted octanol–water partition coefficient (Wildman–Crippen LogP) is 2.08. The lowest BCUT2D eigenvalue weighted by Gasteiger charge is -2.24. The summed E-state index contributed by atoms with van der Waals surface area (Å²) in [5.74, 6) is -0.273. The molecule has 1 aliphatic heterocycles. The average molecular weight is 275 g/mol. The molecule has 0 aromatic heterocycles. The first-order valence-electron chi connectivity index (χ1n) is 7.20. The Morgan fingerprint density at radius 1 is 1.35 bits per heavy atom. The Morgan fingerprint density at radius 3 is 2.80 bits per heavy atom. The Balaban J connectivity index is 2.12. The van der Waals surface area contributed by atoms with E-state index in [0.717, 1.165) is 19.3 Å². The van der Waals surface area contributed by atoms with Crippen molar-refractivity contribution in [2.75, 3.05) is 6.61 Å². The minimum Gasteiger partial charge on any atom is -0.464 e. The van der Waals surface area contributed by atoms with Crippen LogP contribution in [0.2, 0.25) is 0 Å². The molecule has 2 atom stereocenters. The first kappa shape index (κ1) is 14.6. The smallest absolute Gasteiger partial charge is 0.328 e. The highest BCUT2D eigenvalue weighted by atomic mass is 16.5. The van der Waals surface area contributed by atoms with Crippen molar-refractivity contribution in [2.45, 2.75) is 38.6 Å². The van der Waals surface area contributed by atoms with E-state index < -0.39 is 6.04 Å². The van der Waals surface area contributed by atoms with Gasteiger partial charge in [-0.25, -0.2) is 4.79 Å². The Hall–Kier alpha value is -1.84. The molecule has 1 aromatic carbocycles. The number of rotatable bonds is 4. The van der Waals surface area contributed by atoms with E-state index >= 15 is 0 Å². The Labute approximate surface area is 119 Å². The number of ether oxygens (including phenoxy) is 1. The minimum absolute atomic E-state index is 0.0568. The summed E-state index contributed by atoms with van der Waals surface area (Å²) in [4.78, 5) is 23.7. The molecule has 0 bridgehead atoms. The van der Waals surface area contributed by atoms with E-state index in [0.29, 0.717) is 13.0 Å². The molecule has 1 heterocycles. The SMILES string of the molecule is CCOC(=O)[C@@H]1NC(=O)CCC[C@H]1Cc1ccccc1. The summed E-state index contributed by atoms with van der Waals surface area (Å²) < 4.78 is 5.10. The van der Waals surface area contributed by atoms with Crippen molar-refractivity contribution in [3.05, 3.63) is 35.9 Å². The van der Waals surface area contributed by atoms with Crippen molar-refractivity contribution in [3.63, 3.8) is 0 Å². The molecule has 1 amide bonds. The lowest BCUT2D eigenvalue weighted by molar-refractivity contribution is -0.148. The van der Waals surface area contributed by atoms with Crippen LogP contribution >= 0.6 is 0 Å². The second-order valence-corrected chi connectivity index (χ2v) is 5.14. The maximum absolute atomic E-state index is 12.1. The standard InChI is InChI=1S/C16H21NO3/c1-2-20-16(19)15-13(9-6-10-14(18)17-15)11-12-7-4-3-5-8-12/h3-5,7-8,13,15H,2,6,9-11H2,1H3,(H,17,18)/t13-,15+/m0/s1. The minimum atomic E-state index is -0.523. The van der Waals surface area contributed by atoms with E-state index in [9.17, 15) is 9.59 Å². The fourth-order valence-electron chi connectivity index (χ4n) is 2.68. The van der Waals surface area contributed by atoms with Gasteiger partial charge in [-0.15, -0.1) is 0 Å². The van der Waals surface area contributed by atoms with Crippen LogP contribution in [-0.4, -0.2) is 24.5 Å². The lowest BCUT2D eigenvalue weighted by Crippen LogP contribution is -2.45. The summed E-state index contributed by atoms with van der Waals surface area (Å²) in [6.45, 7) is 2.12. The fraction of sp³-hybridized carbons (Fsp3) is 0.500. The van der Waals surface area contributed by atoms with E-state index in [2.05, 4.69) is 17.4 Å². The third-order valence-electron chi connectivity index (χ3n) is 3.65. The van der Waals surface area contributed by atoms with Crippen LogP contribution in [0.3, 0.4) is 0 Å². The van der Waals surface area contributed by atoms with Gasteiger partial charge in [-0.2, -0.15) is 0 Å². The molecule has 2 rings (SSSR count). The Bertz CT molecular complexity index is 458. The van der Waals surface area contributed by atoms with Gasteiger partial charge in [-0.1, -0.05) is 30.3 Å². The number of esters is 1. The number of amides is 1. The van der Waals surface area contributed by atoms with Gasteiger partial charge in [0.15, 0.2) is 0 Å². The Morgan fingerprint density at radius 2 is 2.10 bits per heavy atom. The summed E-state index contributed by atoms with van der Waals surface area (Å²) >= 11 is 0. The average Bonchev–Trinajstić information content (AvgIpc) is 2.62. The van der Waals surface area contributed by atoms with Crippen LogP contribution < -0.4 is 5.32 Å². The number of hydrogen-bond acceptors (Lipinski definition) is 3. The van der Waals surface area contributed by atoms with Gasteiger partial charge < -0.3 is 10.1 Å². The van der Waals surface area contributed by atoms with Gasteiger partial charge in [0.05, 0.1) is 6.61 Å². The van der Waals surface area contributed by atoms with Gasteiger partial charge in [0.2, 0.25) is 5.91 Å². The molecular formula is C16H21NO3. The molecule has 1 saturated heterocycles. The number of benzene rings is 1. The molecule has 1 aliphatic rings. The molecule has 20 heavy (non-hydrogen) atoms. The van der Waals surface area contributed by atoms with Gasteiger partial charge >= 0.3 is 5.97 Å². The van der Waals surface area contributed by atoms with E-state index in [4.69, 9.17) is 4.74 Å². The first-order chi connectivity index (χ1) is 9.70. The molecule has 4 nitrogen and oxygen atoms in total. The van der Waals surface area contributed by atoms with Crippen molar-refractivity contribution in [2.24, 2.45) is 5.92 Å². The highest BCUT2D eigenvalue weighted by molar-refractivity contribution is 5.85. The van der Waals surface area contributed by atoms with Crippen molar-refractivity contribution < 1.29 is 14.3 Å². The van der Waals surface area contributed by atoms with Gasteiger partial charge in [-0.3, -0.25) is 4.79 Å². The molecule has 1 fully saturated rings. The van der Waals surface area contributed by atoms with Crippen LogP contribution in [0, 0.1) is 5.92 Å². The highest BCUT2D eigenvalue weighted by Gasteiger charge is 2.33. The second kappa shape index (κ2) is 7.08. The van der Waals surface area contributed by atoms with Gasteiger partial charge in [0, 0.05) is 6.42 Å². The van der Waals surface area contributed by atoms with Crippen LogP contribution in [0.1, 0.15) is 31.7 Å². The number of nitrogens with one attached hydrogen (secondary N) is 1. The van der Waals surface area contributed by atoms with E-state index in [1.807, 2.05) is 18.2 Å². The maximum atomic E-state index is 12.1. The zero-order valence-corrected chi connectivity index (χ0v) is 11.8. The van der Waals surface area contributed by atoms with Gasteiger partial charge in [0.1, 0.15) is 6.04 Å².